The summed E-state index contributed by atoms with van der Waals surface area (Å²) in [6, 6.07) is 2.59. The highest BCUT2D eigenvalue weighted by molar-refractivity contribution is 7.17. The van der Waals surface area contributed by atoms with E-state index >= 15 is 0 Å². The molecule has 6 heteroatoms. The number of thiophene rings is 1. The van der Waals surface area contributed by atoms with E-state index in [-0.39, 0.29) is 0 Å². The van der Waals surface area contributed by atoms with Gasteiger partial charge in [-0.2, -0.15) is 0 Å². The van der Waals surface area contributed by atoms with E-state index in [0.29, 0.717) is 6.04 Å². The van der Waals surface area contributed by atoms with Crippen molar-refractivity contribution in [2.45, 2.75) is 25.8 Å². The van der Waals surface area contributed by atoms with Gasteiger partial charge in [0.15, 0.2) is 0 Å². The quantitative estimate of drug-likeness (QED) is 0.915. The normalized spacial score (nSPS) is 18.3. The molecule has 0 bridgehead atoms. The number of nitrogens with two attached hydrogens (primary N) is 1. The largest absolute Gasteiger partial charge is 0.353 e. The molecule has 3 rings (SSSR count). The summed E-state index contributed by atoms with van der Waals surface area (Å²) in [7, 11) is 0. The SMILES string of the molecule is CCCC(CN)N1CCN(c2ncnc3ccsc23)CC1. The van der Waals surface area contributed by atoms with Crippen molar-refractivity contribution in [2.75, 3.05) is 37.6 Å². The van der Waals surface area contributed by atoms with Crippen LogP contribution in [0.25, 0.3) is 10.2 Å². The first-order valence-electron chi connectivity index (χ1n) is 7.70. The highest BCUT2D eigenvalue weighted by Gasteiger charge is 2.24. The van der Waals surface area contributed by atoms with Gasteiger partial charge in [0.1, 0.15) is 12.1 Å². The van der Waals surface area contributed by atoms with Gasteiger partial charge in [0.05, 0.1) is 10.2 Å². The summed E-state index contributed by atoms with van der Waals surface area (Å²) in [6.45, 7) is 7.16. The summed E-state index contributed by atoms with van der Waals surface area (Å²) in [4.78, 5) is 13.8. The smallest absolute Gasteiger partial charge is 0.150 e. The van der Waals surface area contributed by atoms with Gasteiger partial charge in [-0.25, -0.2) is 9.97 Å². The van der Waals surface area contributed by atoms with Gasteiger partial charge in [-0.05, 0) is 17.9 Å². The number of fused-ring (bicyclic) bond motifs is 1. The molecule has 0 aromatic carbocycles. The molecule has 0 aliphatic carbocycles. The average Bonchev–Trinajstić information content (AvgIpc) is 3.01. The van der Waals surface area contributed by atoms with Crippen LogP contribution in [-0.4, -0.2) is 53.6 Å². The van der Waals surface area contributed by atoms with Crippen LogP contribution in [0.1, 0.15) is 19.8 Å². The molecule has 2 aromatic heterocycles. The Morgan fingerprint density at radius 2 is 2.10 bits per heavy atom. The maximum atomic E-state index is 5.92. The summed E-state index contributed by atoms with van der Waals surface area (Å²) in [5.74, 6) is 1.09. The number of hydrogen-bond acceptors (Lipinski definition) is 6. The van der Waals surface area contributed by atoms with Crippen molar-refractivity contribution in [2.24, 2.45) is 5.73 Å². The van der Waals surface area contributed by atoms with E-state index in [1.54, 1.807) is 17.7 Å². The Morgan fingerprint density at radius 1 is 1.29 bits per heavy atom. The molecular formula is C15H23N5S. The second-order valence-electron chi connectivity index (χ2n) is 5.53. The first-order chi connectivity index (χ1) is 10.3. The third-order valence-electron chi connectivity index (χ3n) is 4.25. The fraction of sp³-hybridized carbons (Fsp3) is 0.600. The van der Waals surface area contributed by atoms with E-state index in [4.69, 9.17) is 5.73 Å². The van der Waals surface area contributed by atoms with Crippen LogP contribution in [0.3, 0.4) is 0 Å². The second kappa shape index (κ2) is 6.68. The van der Waals surface area contributed by atoms with E-state index in [1.807, 2.05) is 0 Å². The van der Waals surface area contributed by atoms with Crippen molar-refractivity contribution in [3.63, 3.8) is 0 Å². The van der Waals surface area contributed by atoms with Crippen molar-refractivity contribution >= 4 is 27.4 Å². The molecule has 2 N–H and O–H groups in total. The van der Waals surface area contributed by atoms with Crippen molar-refractivity contribution in [1.29, 1.82) is 0 Å². The van der Waals surface area contributed by atoms with Gasteiger partial charge in [-0.3, -0.25) is 4.90 Å². The summed E-state index contributed by atoms with van der Waals surface area (Å²) in [5, 5.41) is 2.09. The van der Waals surface area contributed by atoms with Crippen LogP contribution in [0.5, 0.6) is 0 Å². The fourth-order valence-corrected chi connectivity index (χ4v) is 3.94. The molecule has 114 valence electrons. The zero-order chi connectivity index (χ0) is 14.7. The molecule has 1 atom stereocenters. The van der Waals surface area contributed by atoms with Gasteiger partial charge in [0, 0.05) is 38.8 Å². The van der Waals surface area contributed by atoms with Gasteiger partial charge >= 0.3 is 0 Å². The third-order valence-corrected chi connectivity index (χ3v) is 5.15. The zero-order valence-corrected chi connectivity index (χ0v) is 13.4. The number of hydrogen-bond donors (Lipinski definition) is 1. The molecule has 1 unspecified atom stereocenters. The molecule has 0 amide bonds. The fourth-order valence-electron chi connectivity index (χ4n) is 3.08. The third kappa shape index (κ3) is 3.02. The summed E-state index contributed by atoms with van der Waals surface area (Å²) in [5.41, 5.74) is 6.98. The maximum absolute atomic E-state index is 5.92. The highest BCUT2D eigenvalue weighted by atomic mass is 32.1. The molecule has 0 radical (unpaired) electrons. The van der Waals surface area contributed by atoms with Gasteiger partial charge in [0.25, 0.3) is 0 Å². The molecule has 1 fully saturated rings. The van der Waals surface area contributed by atoms with Crippen LogP contribution in [-0.2, 0) is 0 Å². The lowest BCUT2D eigenvalue weighted by Gasteiger charge is -2.39. The van der Waals surface area contributed by atoms with E-state index in [2.05, 4.69) is 38.1 Å². The van der Waals surface area contributed by atoms with E-state index in [0.717, 1.165) is 44.1 Å². The summed E-state index contributed by atoms with van der Waals surface area (Å²) < 4.78 is 1.20. The molecule has 0 saturated carbocycles. The van der Waals surface area contributed by atoms with E-state index in [9.17, 15) is 0 Å². The highest BCUT2D eigenvalue weighted by Crippen LogP contribution is 2.28. The first-order valence-corrected chi connectivity index (χ1v) is 8.58. The lowest BCUT2D eigenvalue weighted by molar-refractivity contribution is 0.179. The van der Waals surface area contributed by atoms with Gasteiger partial charge in [0.2, 0.25) is 0 Å². The van der Waals surface area contributed by atoms with Crippen LogP contribution in [0.15, 0.2) is 17.8 Å². The number of aromatic nitrogens is 2. The van der Waals surface area contributed by atoms with Crippen LogP contribution < -0.4 is 10.6 Å². The molecule has 0 spiro atoms. The number of nitrogens with zero attached hydrogens (tertiary/aromatic N) is 4. The van der Waals surface area contributed by atoms with Crippen molar-refractivity contribution < 1.29 is 0 Å². The zero-order valence-electron chi connectivity index (χ0n) is 12.5. The van der Waals surface area contributed by atoms with Gasteiger partial charge in [-0.1, -0.05) is 13.3 Å². The standard InChI is InChI=1S/C15H23N5S/c1-2-3-12(10-16)19-5-7-20(8-6-19)15-14-13(4-9-21-14)17-11-18-15/h4,9,11-12H,2-3,5-8,10,16H2,1H3. The lowest BCUT2D eigenvalue weighted by Crippen LogP contribution is -2.52. The summed E-state index contributed by atoms with van der Waals surface area (Å²) >= 11 is 1.73. The van der Waals surface area contributed by atoms with Crippen LogP contribution >= 0.6 is 11.3 Å². The lowest BCUT2D eigenvalue weighted by atomic mass is 10.1. The molecule has 21 heavy (non-hydrogen) atoms. The molecule has 1 aliphatic rings. The Hall–Kier alpha value is -1.24. The Balaban J connectivity index is 1.69. The Morgan fingerprint density at radius 3 is 2.81 bits per heavy atom. The average molecular weight is 305 g/mol. The van der Waals surface area contributed by atoms with Crippen molar-refractivity contribution in [1.82, 2.24) is 14.9 Å². The van der Waals surface area contributed by atoms with Gasteiger partial charge < -0.3 is 10.6 Å². The molecule has 1 aliphatic heterocycles. The first kappa shape index (κ1) is 14.7. The Bertz CT molecular complexity index is 576. The molecule has 3 heterocycles. The van der Waals surface area contributed by atoms with Crippen molar-refractivity contribution in [3.05, 3.63) is 17.8 Å². The van der Waals surface area contributed by atoms with E-state index < -0.39 is 0 Å². The minimum absolute atomic E-state index is 0.532. The molecule has 5 nitrogen and oxygen atoms in total. The predicted octanol–water partition coefficient (Wildman–Crippen LogP) is 1.94. The molecule has 2 aromatic rings. The van der Waals surface area contributed by atoms with Crippen molar-refractivity contribution in [3.8, 4) is 0 Å². The number of rotatable bonds is 5. The minimum atomic E-state index is 0.532. The van der Waals surface area contributed by atoms with Crippen LogP contribution in [0.4, 0.5) is 5.82 Å². The predicted molar refractivity (Wildman–Crippen MR) is 89.0 cm³/mol. The van der Waals surface area contributed by atoms with Crippen LogP contribution in [0, 0.1) is 0 Å². The van der Waals surface area contributed by atoms with E-state index in [1.165, 1.54) is 17.5 Å². The monoisotopic (exact) mass is 305 g/mol. The Kier molecular flexibility index (Phi) is 4.67. The molecule has 1 saturated heterocycles. The molecular weight excluding hydrogens is 282 g/mol. The van der Waals surface area contributed by atoms with Gasteiger partial charge in [-0.15, -0.1) is 11.3 Å². The number of piperazine rings is 1. The minimum Gasteiger partial charge on any atom is -0.353 e. The topological polar surface area (TPSA) is 58.3 Å². The Labute approximate surface area is 129 Å². The summed E-state index contributed by atoms with van der Waals surface area (Å²) in [6.07, 6.45) is 4.07. The maximum Gasteiger partial charge on any atom is 0.150 e. The second-order valence-corrected chi connectivity index (χ2v) is 6.45. The number of anilines is 1. The van der Waals surface area contributed by atoms with Crippen LogP contribution in [0.2, 0.25) is 0 Å².